The lowest BCUT2D eigenvalue weighted by Crippen LogP contribution is -2.32. The van der Waals surface area contributed by atoms with E-state index < -0.39 is 0 Å². The molecule has 4 atom stereocenters. The summed E-state index contributed by atoms with van der Waals surface area (Å²) in [6.07, 6.45) is 7.10. The first-order valence-electron chi connectivity index (χ1n) is 8.21. The molecule has 0 aliphatic heterocycles. The van der Waals surface area contributed by atoms with Gasteiger partial charge < -0.3 is 9.80 Å². The maximum absolute atomic E-state index is 4.58. The fourth-order valence-electron chi connectivity index (χ4n) is 4.49. The SMILES string of the molecule is CN(C)C1C[C@@H]2CC(N(C)c3ncnc4ccsc34)C[C@@H]2C1. The largest absolute Gasteiger partial charge is 0.355 e. The summed E-state index contributed by atoms with van der Waals surface area (Å²) in [4.78, 5) is 13.8. The summed E-state index contributed by atoms with van der Waals surface area (Å²) in [6.45, 7) is 0. The third-order valence-electron chi connectivity index (χ3n) is 5.80. The maximum atomic E-state index is 4.58. The summed E-state index contributed by atoms with van der Waals surface area (Å²) in [5.41, 5.74) is 1.08. The van der Waals surface area contributed by atoms with E-state index in [1.807, 2.05) is 0 Å². The van der Waals surface area contributed by atoms with Crippen LogP contribution in [0.1, 0.15) is 25.7 Å². The van der Waals surface area contributed by atoms with Crippen molar-refractivity contribution in [1.82, 2.24) is 14.9 Å². The monoisotopic (exact) mass is 316 g/mol. The Kier molecular flexibility index (Phi) is 3.57. The molecule has 0 radical (unpaired) electrons. The molecule has 2 saturated carbocycles. The Bertz CT molecular complexity index is 653. The van der Waals surface area contributed by atoms with E-state index in [1.165, 1.54) is 30.4 Å². The highest BCUT2D eigenvalue weighted by atomic mass is 32.1. The topological polar surface area (TPSA) is 32.3 Å². The number of aromatic nitrogens is 2. The van der Waals surface area contributed by atoms with E-state index in [0.29, 0.717) is 6.04 Å². The average molecular weight is 316 g/mol. The smallest absolute Gasteiger partial charge is 0.150 e. The lowest BCUT2D eigenvalue weighted by Gasteiger charge is -2.28. The van der Waals surface area contributed by atoms with Crippen LogP contribution >= 0.6 is 11.3 Å². The van der Waals surface area contributed by atoms with Crippen LogP contribution in [-0.2, 0) is 0 Å². The fourth-order valence-corrected chi connectivity index (χ4v) is 5.37. The molecular formula is C17H24N4S. The van der Waals surface area contributed by atoms with Gasteiger partial charge in [-0.1, -0.05) is 0 Å². The Balaban J connectivity index is 1.52. The summed E-state index contributed by atoms with van der Waals surface area (Å²) in [5.74, 6) is 2.93. The van der Waals surface area contributed by atoms with Crippen LogP contribution in [0, 0.1) is 11.8 Å². The molecule has 2 aliphatic rings. The zero-order chi connectivity index (χ0) is 15.3. The normalized spacial score (nSPS) is 31.1. The van der Waals surface area contributed by atoms with Crippen molar-refractivity contribution in [1.29, 1.82) is 0 Å². The summed E-state index contributed by atoms with van der Waals surface area (Å²) in [7, 11) is 6.67. The molecule has 2 heterocycles. The van der Waals surface area contributed by atoms with Gasteiger partial charge in [0.05, 0.1) is 10.2 Å². The van der Waals surface area contributed by atoms with Crippen molar-refractivity contribution < 1.29 is 0 Å². The summed E-state index contributed by atoms with van der Waals surface area (Å²) >= 11 is 1.75. The van der Waals surface area contributed by atoms with Crippen molar-refractivity contribution in [3.63, 3.8) is 0 Å². The number of anilines is 1. The average Bonchev–Trinajstić information content (AvgIpc) is 3.18. The zero-order valence-electron chi connectivity index (χ0n) is 13.6. The Labute approximate surface area is 136 Å². The highest BCUT2D eigenvalue weighted by Gasteiger charge is 2.43. The first-order valence-corrected chi connectivity index (χ1v) is 9.09. The predicted molar refractivity (Wildman–Crippen MR) is 92.5 cm³/mol. The van der Waals surface area contributed by atoms with Crippen LogP contribution in [0.25, 0.3) is 10.2 Å². The molecule has 0 N–H and O–H groups in total. The van der Waals surface area contributed by atoms with Gasteiger partial charge >= 0.3 is 0 Å². The van der Waals surface area contributed by atoms with E-state index in [1.54, 1.807) is 17.7 Å². The number of thiophene rings is 1. The molecule has 0 bridgehead atoms. The molecule has 0 amide bonds. The molecule has 4 nitrogen and oxygen atoms in total. The second-order valence-corrected chi connectivity index (χ2v) is 8.09. The molecular weight excluding hydrogens is 292 g/mol. The van der Waals surface area contributed by atoms with Gasteiger partial charge in [0.1, 0.15) is 12.1 Å². The molecule has 22 heavy (non-hydrogen) atoms. The minimum atomic E-state index is 0.637. The first kappa shape index (κ1) is 14.4. The number of nitrogens with zero attached hydrogens (tertiary/aromatic N) is 4. The van der Waals surface area contributed by atoms with Crippen LogP contribution in [0.4, 0.5) is 5.82 Å². The van der Waals surface area contributed by atoms with Crippen LogP contribution in [0.2, 0.25) is 0 Å². The van der Waals surface area contributed by atoms with Gasteiger partial charge in [-0.05, 0) is 63.1 Å². The van der Waals surface area contributed by atoms with Gasteiger partial charge in [-0.2, -0.15) is 0 Å². The number of fused-ring (bicyclic) bond motifs is 2. The standard InChI is InChI=1S/C17H24N4S/c1-20(2)13-6-11-8-14(9-12(11)7-13)21(3)17-16-15(4-5-22-16)18-10-19-17/h4-5,10-14H,6-9H2,1-3H3/t11-,12+,13?,14?. The van der Waals surface area contributed by atoms with Crippen molar-refractivity contribution in [2.45, 2.75) is 37.8 Å². The highest BCUT2D eigenvalue weighted by Crippen LogP contribution is 2.47. The van der Waals surface area contributed by atoms with Crippen LogP contribution in [0.15, 0.2) is 17.8 Å². The number of rotatable bonds is 3. The molecule has 2 unspecified atom stereocenters. The quantitative estimate of drug-likeness (QED) is 0.870. The zero-order valence-corrected chi connectivity index (χ0v) is 14.4. The molecule has 0 saturated heterocycles. The lowest BCUT2D eigenvalue weighted by atomic mass is 10.0. The molecule has 4 rings (SSSR count). The third kappa shape index (κ3) is 2.31. The van der Waals surface area contributed by atoms with E-state index in [9.17, 15) is 0 Å². The van der Waals surface area contributed by atoms with Crippen LogP contribution in [-0.4, -0.2) is 48.1 Å². The van der Waals surface area contributed by atoms with Gasteiger partial charge in [0.25, 0.3) is 0 Å². The van der Waals surface area contributed by atoms with E-state index >= 15 is 0 Å². The van der Waals surface area contributed by atoms with Crippen LogP contribution in [0.3, 0.4) is 0 Å². The van der Waals surface area contributed by atoms with Gasteiger partial charge in [-0.15, -0.1) is 11.3 Å². The summed E-state index contributed by atoms with van der Waals surface area (Å²) < 4.78 is 1.23. The molecule has 5 heteroatoms. The Morgan fingerprint density at radius 3 is 2.36 bits per heavy atom. The van der Waals surface area contributed by atoms with E-state index in [4.69, 9.17) is 0 Å². The van der Waals surface area contributed by atoms with E-state index in [2.05, 4.69) is 52.4 Å². The second-order valence-electron chi connectivity index (χ2n) is 7.18. The van der Waals surface area contributed by atoms with Crippen LogP contribution in [0.5, 0.6) is 0 Å². The van der Waals surface area contributed by atoms with Crippen molar-refractivity contribution in [3.8, 4) is 0 Å². The van der Waals surface area contributed by atoms with E-state index in [0.717, 1.165) is 29.2 Å². The number of hydrogen-bond donors (Lipinski definition) is 0. The molecule has 2 aliphatic carbocycles. The molecule has 0 spiro atoms. The van der Waals surface area contributed by atoms with Gasteiger partial charge in [0.2, 0.25) is 0 Å². The van der Waals surface area contributed by atoms with Crippen molar-refractivity contribution in [2.75, 3.05) is 26.0 Å². The lowest BCUT2D eigenvalue weighted by molar-refractivity contribution is 0.281. The van der Waals surface area contributed by atoms with Crippen molar-refractivity contribution >= 4 is 27.4 Å². The van der Waals surface area contributed by atoms with Gasteiger partial charge in [-0.3, -0.25) is 0 Å². The molecule has 2 aromatic rings. The van der Waals surface area contributed by atoms with Gasteiger partial charge in [0, 0.05) is 19.1 Å². The van der Waals surface area contributed by atoms with Crippen molar-refractivity contribution in [2.24, 2.45) is 11.8 Å². The number of hydrogen-bond acceptors (Lipinski definition) is 5. The molecule has 0 aromatic carbocycles. The third-order valence-corrected chi connectivity index (χ3v) is 6.70. The highest BCUT2D eigenvalue weighted by molar-refractivity contribution is 7.17. The van der Waals surface area contributed by atoms with Gasteiger partial charge in [0.15, 0.2) is 0 Å². The first-order chi connectivity index (χ1) is 10.6. The summed E-state index contributed by atoms with van der Waals surface area (Å²) in [6, 6.07) is 3.52. The van der Waals surface area contributed by atoms with Gasteiger partial charge in [-0.25, -0.2) is 9.97 Å². The van der Waals surface area contributed by atoms with Crippen molar-refractivity contribution in [3.05, 3.63) is 17.8 Å². The predicted octanol–water partition coefficient (Wildman–Crippen LogP) is 3.25. The Morgan fingerprint density at radius 2 is 1.68 bits per heavy atom. The van der Waals surface area contributed by atoms with E-state index in [-0.39, 0.29) is 0 Å². The minimum absolute atomic E-state index is 0.637. The Morgan fingerprint density at radius 1 is 1.00 bits per heavy atom. The Hall–Kier alpha value is -1.20. The minimum Gasteiger partial charge on any atom is -0.355 e. The molecule has 2 fully saturated rings. The summed E-state index contributed by atoms with van der Waals surface area (Å²) in [5, 5.41) is 2.11. The second kappa shape index (κ2) is 5.46. The molecule has 2 aromatic heterocycles. The van der Waals surface area contributed by atoms with Crippen LogP contribution < -0.4 is 4.90 Å². The molecule has 118 valence electrons. The fraction of sp³-hybridized carbons (Fsp3) is 0.647. The maximum Gasteiger partial charge on any atom is 0.150 e.